The first-order valence-corrected chi connectivity index (χ1v) is 7.20. The number of aliphatic carboxylic acids is 1. The van der Waals surface area contributed by atoms with E-state index in [1.807, 2.05) is 18.2 Å². The molecule has 2 amide bonds. The Hall–Kier alpha value is -2.11. The van der Waals surface area contributed by atoms with Crippen molar-refractivity contribution in [1.82, 2.24) is 15.2 Å². The minimum atomic E-state index is -0.768. The quantitative estimate of drug-likeness (QED) is 0.861. The van der Waals surface area contributed by atoms with Gasteiger partial charge in [-0.15, -0.1) is 0 Å². The van der Waals surface area contributed by atoms with Crippen LogP contribution in [0.1, 0.15) is 25.0 Å². The summed E-state index contributed by atoms with van der Waals surface area (Å²) >= 11 is 0. The first kappa shape index (κ1) is 15.3. The Morgan fingerprint density at radius 3 is 2.86 bits per heavy atom. The van der Waals surface area contributed by atoms with E-state index < -0.39 is 5.97 Å². The van der Waals surface area contributed by atoms with E-state index in [9.17, 15) is 9.59 Å². The topological polar surface area (TPSA) is 82.5 Å². The van der Waals surface area contributed by atoms with Gasteiger partial charge in [0.2, 0.25) is 0 Å². The molecule has 1 fully saturated rings. The molecule has 2 N–H and O–H groups in total. The van der Waals surface area contributed by atoms with Gasteiger partial charge < -0.3 is 15.3 Å². The zero-order chi connectivity index (χ0) is 15.2. The van der Waals surface area contributed by atoms with Crippen LogP contribution in [0.4, 0.5) is 4.79 Å². The van der Waals surface area contributed by atoms with Crippen LogP contribution >= 0.6 is 0 Å². The van der Waals surface area contributed by atoms with Crippen molar-refractivity contribution in [1.29, 1.82) is 0 Å². The summed E-state index contributed by atoms with van der Waals surface area (Å²) in [7, 11) is 1.74. The number of likely N-dealkylation sites (N-methyl/N-ethyl adjacent to an activating group) is 1. The number of nitrogens with zero attached hydrogens (tertiary/aromatic N) is 2. The van der Waals surface area contributed by atoms with Crippen molar-refractivity contribution in [2.45, 2.75) is 31.7 Å². The van der Waals surface area contributed by atoms with Crippen LogP contribution in [-0.2, 0) is 11.2 Å². The number of pyridine rings is 1. The van der Waals surface area contributed by atoms with E-state index in [1.165, 1.54) is 0 Å². The van der Waals surface area contributed by atoms with E-state index in [4.69, 9.17) is 5.11 Å². The monoisotopic (exact) mass is 291 g/mol. The molecule has 1 heterocycles. The zero-order valence-electron chi connectivity index (χ0n) is 12.2. The maximum absolute atomic E-state index is 12.0. The Morgan fingerprint density at radius 1 is 1.43 bits per heavy atom. The van der Waals surface area contributed by atoms with Gasteiger partial charge >= 0.3 is 12.0 Å². The van der Waals surface area contributed by atoms with E-state index in [-0.39, 0.29) is 18.0 Å². The van der Waals surface area contributed by atoms with Crippen LogP contribution in [0.25, 0.3) is 0 Å². The van der Waals surface area contributed by atoms with Gasteiger partial charge in [-0.2, -0.15) is 0 Å². The normalized spacial score (nSPS) is 21.0. The van der Waals surface area contributed by atoms with Crippen molar-refractivity contribution < 1.29 is 14.7 Å². The maximum Gasteiger partial charge on any atom is 0.317 e. The van der Waals surface area contributed by atoms with Crippen molar-refractivity contribution in [3.8, 4) is 0 Å². The second-order valence-electron chi connectivity index (χ2n) is 5.49. The first-order valence-electron chi connectivity index (χ1n) is 7.20. The van der Waals surface area contributed by atoms with Gasteiger partial charge in [-0.3, -0.25) is 9.78 Å². The second kappa shape index (κ2) is 7.06. The molecule has 0 aromatic carbocycles. The molecule has 6 nitrogen and oxygen atoms in total. The third kappa shape index (κ3) is 4.44. The van der Waals surface area contributed by atoms with Crippen LogP contribution in [0.15, 0.2) is 24.4 Å². The lowest BCUT2D eigenvalue weighted by molar-refractivity contribution is -0.141. The van der Waals surface area contributed by atoms with Gasteiger partial charge in [0.05, 0.1) is 5.92 Å². The smallest absolute Gasteiger partial charge is 0.317 e. The van der Waals surface area contributed by atoms with Crippen LogP contribution in [0.2, 0.25) is 0 Å². The van der Waals surface area contributed by atoms with E-state index in [0.29, 0.717) is 25.8 Å². The summed E-state index contributed by atoms with van der Waals surface area (Å²) in [5.74, 6) is -1.09. The largest absolute Gasteiger partial charge is 0.481 e. The number of nitrogens with one attached hydrogen (secondary N) is 1. The number of aromatic nitrogens is 1. The number of carboxylic acids is 1. The van der Waals surface area contributed by atoms with Crippen LogP contribution in [0, 0.1) is 5.92 Å². The molecule has 21 heavy (non-hydrogen) atoms. The average molecular weight is 291 g/mol. The van der Waals surface area contributed by atoms with Crippen molar-refractivity contribution in [2.75, 3.05) is 13.6 Å². The Kier molecular flexibility index (Phi) is 5.14. The fraction of sp³-hybridized carbons (Fsp3) is 0.533. The fourth-order valence-electron chi connectivity index (χ4n) is 2.55. The third-order valence-corrected chi connectivity index (χ3v) is 3.89. The number of hydrogen-bond donors (Lipinski definition) is 2. The average Bonchev–Trinajstić information content (AvgIpc) is 2.94. The molecule has 0 aliphatic heterocycles. The summed E-state index contributed by atoms with van der Waals surface area (Å²) in [5, 5.41) is 11.9. The maximum atomic E-state index is 12.0. The number of carboxylic acid groups (broad SMARTS) is 1. The number of urea groups is 1. The highest BCUT2D eigenvalue weighted by atomic mass is 16.4. The Morgan fingerprint density at radius 2 is 2.24 bits per heavy atom. The summed E-state index contributed by atoms with van der Waals surface area (Å²) in [5.41, 5.74) is 0.948. The van der Waals surface area contributed by atoms with Crippen LogP contribution in [0.5, 0.6) is 0 Å². The molecule has 1 aromatic rings. The minimum absolute atomic E-state index is 0.0316. The van der Waals surface area contributed by atoms with Crippen molar-refractivity contribution in [3.05, 3.63) is 30.1 Å². The Balaban J connectivity index is 1.74. The molecule has 1 aliphatic rings. The molecule has 6 heteroatoms. The predicted octanol–water partition coefficient (Wildman–Crippen LogP) is 1.52. The number of amides is 2. The van der Waals surface area contributed by atoms with Crippen LogP contribution < -0.4 is 5.32 Å². The first-order chi connectivity index (χ1) is 10.1. The van der Waals surface area contributed by atoms with E-state index in [2.05, 4.69) is 10.3 Å². The summed E-state index contributed by atoms with van der Waals surface area (Å²) in [6.45, 7) is 0.581. The fourth-order valence-corrected chi connectivity index (χ4v) is 2.55. The highest BCUT2D eigenvalue weighted by Gasteiger charge is 2.30. The van der Waals surface area contributed by atoms with Crippen molar-refractivity contribution in [2.24, 2.45) is 5.92 Å². The van der Waals surface area contributed by atoms with Gasteiger partial charge in [0.15, 0.2) is 0 Å². The molecule has 2 rings (SSSR count). The highest BCUT2D eigenvalue weighted by Crippen LogP contribution is 2.25. The van der Waals surface area contributed by atoms with Gasteiger partial charge in [-0.1, -0.05) is 6.07 Å². The summed E-state index contributed by atoms with van der Waals surface area (Å²) in [6, 6.07) is 5.53. The standard InChI is InChI=1S/C15H21N3O3/c1-18(9-7-12-4-2-3-8-16-12)15(21)17-13-6-5-11(10-13)14(19)20/h2-4,8,11,13H,5-7,9-10H2,1H3,(H,17,21)(H,19,20). The summed E-state index contributed by atoms with van der Waals surface area (Å²) < 4.78 is 0. The van der Waals surface area contributed by atoms with Crippen LogP contribution in [-0.4, -0.2) is 46.6 Å². The Bertz CT molecular complexity index is 492. The molecule has 0 radical (unpaired) electrons. The number of rotatable bonds is 5. The number of carbonyl (C=O) groups excluding carboxylic acids is 1. The number of hydrogen-bond acceptors (Lipinski definition) is 3. The lowest BCUT2D eigenvalue weighted by atomic mass is 10.1. The molecule has 114 valence electrons. The molecular formula is C15H21N3O3. The van der Waals surface area contributed by atoms with E-state index in [0.717, 1.165) is 12.1 Å². The third-order valence-electron chi connectivity index (χ3n) is 3.89. The van der Waals surface area contributed by atoms with Crippen molar-refractivity contribution in [3.63, 3.8) is 0 Å². The van der Waals surface area contributed by atoms with Gasteiger partial charge in [-0.25, -0.2) is 4.79 Å². The molecule has 1 saturated carbocycles. The molecular weight excluding hydrogens is 270 g/mol. The van der Waals surface area contributed by atoms with Gasteiger partial charge in [-0.05, 0) is 31.4 Å². The SMILES string of the molecule is CN(CCc1ccccn1)C(=O)NC1CCC(C(=O)O)C1. The Labute approximate surface area is 124 Å². The van der Waals surface area contributed by atoms with Crippen molar-refractivity contribution >= 4 is 12.0 Å². The van der Waals surface area contributed by atoms with Gasteiger partial charge in [0.25, 0.3) is 0 Å². The molecule has 2 atom stereocenters. The summed E-state index contributed by atoms with van der Waals surface area (Å²) in [4.78, 5) is 28.8. The number of carbonyl (C=O) groups is 2. The van der Waals surface area contributed by atoms with Gasteiger partial charge in [0, 0.05) is 37.9 Å². The van der Waals surface area contributed by atoms with Gasteiger partial charge in [0.1, 0.15) is 0 Å². The molecule has 1 aliphatic carbocycles. The summed E-state index contributed by atoms with van der Waals surface area (Å²) in [6.07, 6.45) is 4.33. The molecule has 2 unspecified atom stereocenters. The highest BCUT2D eigenvalue weighted by molar-refractivity contribution is 5.75. The van der Waals surface area contributed by atoms with E-state index in [1.54, 1.807) is 18.1 Å². The predicted molar refractivity (Wildman–Crippen MR) is 77.9 cm³/mol. The lowest BCUT2D eigenvalue weighted by Gasteiger charge is -2.21. The minimum Gasteiger partial charge on any atom is -0.481 e. The molecule has 0 saturated heterocycles. The second-order valence-corrected chi connectivity index (χ2v) is 5.49. The zero-order valence-corrected chi connectivity index (χ0v) is 12.2. The lowest BCUT2D eigenvalue weighted by Crippen LogP contribution is -2.43. The molecule has 1 aromatic heterocycles. The molecule has 0 spiro atoms. The van der Waals surface area contributed by atoms with Crippen LogP contribution in [0.3, 0.4) is 0 Å². The van der Waals surface area contributed by atoms with E-state index >= 15 is 0 Å². The molecule has 0 bridgehead atoms.